The summed E-state index contributed by atoms with van der Waals surface area (Å²) in [6.07, 6.45) is -0.641. The number of nitrogens with zero attached hydrogens (tertiary/aromatic N) is 1. The van der Waals surface area contributed by atoms with Gasteiger partial charge in [-0.25, -0.2) is 9.45 Å². The van der Waals surface area contributed by atoms with E-state index in [1.165, 1.54) is 18.2 Å². The summed E-state index contributed by atoms with van der Waals surface area (Å²) in [6, 6.07) is 5.76. The van der Waals surface area contributed by atoms with Crippen molar-refractivity contribution in [3.8, 4) is 0 Å². The third-order valence-corrected chi connectivity index (χ3v) is 2.11. The standard InChI is InChI=1S/C9H9FN2O2/c10-7-3-1-2-6(4-7)9-11-5-8(13)12(9)14/h1-4,9,11,14H,5H2. The Morgan fingerprint density at radius 2 is 2.36 bits per heavy atom. The molecule has 1 unspecified atom stereocenters. The van der Waals surface area contributed by atoms with E-state index in [1.54, 1.807) is 6.07 Å². The molecule has 0 spiro atoms. The lowest BCUT2D eigenvalue weighted by atomic mass is 10.2. The maximum Gasteiger partial charge on any atom is 0.261 e. The molecule has 1 saturated heterocycles. The molecule has 0 saturated carbocycles. The monoisotopic (exact) mass is 196 g/mol. The Hall–Kier alpha value is -1.46. The lowest BCUT2D eigenvalue weighted by Crippen LogP contribution is -2.26. The molecule has 0 bridgehead atoms. The van der Waals surface area contributed by atoms with Crippen LogP contribution in [-0.4, -0.2) is 22.7 Å². The molecule has 1 fully saturated rings. The third kappa shape index (κ3) is 1.47. The Bertz CT molecular complexity index is 370. The fourth-order valence-corrected chi connectivity index (χ4v) is 1.43. The Balaban J connectivity index is 2.28. The van der Waals surface area contributed by atoms with Crippen molar-refractivity contribution < 1.29 is 14.4 Å². The zero-order valence-electron chi connectivity index (χ0n) is 7.27. The number of carbonyl (C=O) groups excluding carboxylic acids is 1. The summed E-state index contributed by atoms with van der Waals surface area (Å²) in [5, 5.41) is 12.6. The van der Waals surface area contributed by atoms with Crippen LogP contribution < -0.4 is 5.32 Å². The quantitative estimate of drug-likeness (QED) is 0.648. The van der Waals surface area contributed by atoms with E-state index in [4.69, 9.17) is 0 Å². The Morgan fingerprint density at radius 3 is 2.93 bits per heavy atom. The van der Waals surface area contributed by atoms with Crippen molar-refractivity contribution in [2.75, 3.05) is 6.54 Å². The highest BCUT2D eigenvalue weighted by Gasteiger charge is 2.30. The van der Waals surface area contributed by atoms with Gasteiger partial charge in [0.2, 0.25) is 0 Å². The van der Waals surface area contributed by atoms with E-state index in [1.807, 2.05) is 0 Å². The summed E-state index contributed by atoms with van der Waals surface area (Å²) < 4.78 is 12.8. The molecule has 2 rings (SSSR count). The summed E-state index contributed by atoms with van der Waals surface area (Å²) in [6.45, 7) is 0.0671. The van der Waals surface area contributed by atoms with Crippen LogP contribution in [0.1, 0.15) is 11.7 Å². The molecule has 1 aromatic rings. The molecule has 2 N–H and O–H groups in total. The minimum atomic E-state index is -0.641. The number of hydroxylamine groups is 2. The van der Waals surface area contributed by atoms with Gasteiger partial charge in [0.15, 0.2) is 0 Å². The van der Waals surface area contributed by atoms with E-state index in [9.17, 15) is 14.4 Å². The van der Waals surface area contributed by atoms with Gasteiger partial charge in [-0.1, -0.05) is 12.1 Å². The number of carbonyl (C=O) groups is 1. The molecule has 0 radical (unpaired) electrons. The van der Waals surface area contributed by atoms with Gasteiger partial charge in [0.1, 0.15) is 12.0 Å². The van der Waals surface area contributed by atoms with Crippen molar-refractivity contribution in [1.29, 1.82) is 0 Å². The molecule has 1 amide bonds. The second-order valence-corrected chi connectivity index (χ2v) is 3.08. The summed E-state index contributed by atoms with van der Waals surface area (Å²) in [5.41, 5.74) is 0.526. The number of amides is 1. The number of hydrogen-bond donors (Lipinski definition) is 2. The van der Waals surface area contributed by atoms with Crippen LogP contribution in [0.25, 0.3) is 0 Å². The van der Waals surface area contributed by atoms with Crippen molar-refractivity contribution in [3.05, 3.63) is 35.6 Å². The van der Waals surface area contributed by atoms with E-state index in [-0.39, 0.29) is 6.54 Å². The van der Waals surface area contributed by atoms with Crippen molar-refractivity contribution in [1.82, 2.24) is 10.4 Å². The average molecular weight is 196 g/mol. The third-order valence-electron chi connectivity index (χ3n) is 2.11. The summed E-state index contributed by atoms with van der Waals surface area (Å²) in [7, 11) is 0. The van der Waals surface area contributed by atoms with E-state index in [0.29, 0.717) is 10.6 Å². The molecule has 14 heavy (non-hydrogen) atoms. The van der Waals surface area contributed by atoms with Gasteiger partial charge < -0.3 is 0 Å². The Kier molecular flexibility index (Phi) is 2.18. The molecule has 1 atom stereocenters. The van der Waals surface area contributed by atoms with E-state index < -0.39 is 17.9 Å². The first kappa shape index (κ1) is 9.11. The summed E-state index contributed by atoms with van der Waals surface area (Å²) in [4.78, 5) is 11.0. The number of rotatable bonds is 1. The smallest absolute Gasteiger partial charge is 0.261 e. The normalized spacial score (nSPS) is 21.7. The highest BCUT2D eigenvalue weighted by molar-refractivity contribution is 5.79. The molecular formula is C9H9FN2O2. The highest BCUT2D eigenvalue weighted by Crippen LogP contribution is 2.20. The summed E-state index contributed by atoms with van der Waals surface area (Å²) in [5.74, 6) is -0.809. The van der Waals surface area contributed by atoms with Crippen LogP contribution in [0.4, 0.5) is 4.39 Å². The van der Waals surface area contributed by atoms with Gasteiger partial charge in [-0.2, -0.15) is 0 Å². The maximum absolute atomic E-state index is 12.8. The topological polar surface area (TPSA) is 52.6 Å². The number of hydrogen-bond acceptors (Lipinski definition) is 3. The zero-order valence-corrected chi connectivity index (χ0v) is 7.27. The maximum atomic E-state index is 12.8. The van der Waals surface area contributed by atoms with Gasteiger partial charge in [-0.3, -0.25) is 15.3 Å². The van der Waals surface area contributed by atoms with Crippen molar-refractivity contribution >= 4 is 5.91 Å². The molecular weight excluding hydrogens is 187 g/mol. The van der Waals surface area contributed by atoms with Crippen molar-refractivity contribution in [2.45, 2.75) is 6.17 Å². The summed E-state index contributed by atoms with van der Waals surface area (Å²) >= 11 is 0. The molecule has 74 valence electrons. The predicted molar refractivity (Wildman–Crippen MR) is 45.8 cm³/mol. The highest BCUT2D eigenvalue weighted by atomic mass is 19.1. The van der Waals surface area contributed by atoms with Crippen LogP contribution in [0.3, 0.4) is 0 Å². The lowest BCUT2D eigenvalue weighted by Gasteiger charge is -2.17. The number of halogens is 1. The van der Waals surface area contributed by atoms with Gasteiger partial charge in [0.05, 0.1) is 6.54 Å². The van der Waals surface area contributed by atoms with Gasteiger partial charge in [0.25, 0.3) is 5.91 Å². The molecule has 4 nitrogen and oxygen atoms in total. The average Bonchev–Trinajstić information content (AvgIpc) is 2.48. The molecule has 1 aliphatic heterocycles. The van der Waals surface area contributed by atoms with E-state index >= 15 is 0 Å². The number of nitrogens with one attached hydrogen (secondary N) is 1. The van der Waals surface area contributed by atoms with Gasteiger partial charge in [-0.05, 0) is 17.7 Å². The van der Waals surface area contributed by atoms with Crippen LogP contribution in [0.5, 0.6) is 0 Å². The van der Waals surface area contributed by atoms with Crippen LogP contribution in [0.2, 0.25) is 0 Å². The first-order chi connectivity index (χ1) is 6.68. The van der Waals surface area contributed by atoms with Gasteiger partial charge >= 0.3 is 0 Å². The molecule has 1 aliphatic rings. The van der Waals surface area contributed by atoms with Crippen molar-refractivity contribution in [2.24, 2.45) is 0 Å². The molecule has 1 aromatic carbocycles. The molecule has 0 aliphatic carbocycles. The van der Waals surface area contributed by atoms with Crippen LogP contribution in [0, 0.1) is 5.82 Å². The van der Waals surface area contributed by atoms with Crippen molar-refractivity contribution in [3.63, 3.8) is 0 Å². The van der Waals surface area contributed by atoms with E-state index in [2.05, 4.69) is 5.32 Å². The Labute approximate surface area is 79.9 Å². The largest absolute Gasteiger partial charge is 0.284 e. The fraction of sp³-hybridized carbons (Fsp3) is 0.222. The number of benzene rings is 1. The first-order valence-corrected chi connectivity index (χ1v) is 4.18. The van der Waals surface area contributed by atoms with Crippen LogP contribution in [-0.2, 0) is 4.79 Å². The first-order valence-electron chi connectivity index (χ1n) is 4.18. The second kappa shape index (κ2) is 3.36. The fourth-order valence-electron chi connectivity index (χ4n) is 1.43. The van der Waals surface area contributed by atoms with E-state index in [0.717, 1.165) is 0 Å². The molecule has 5 heteroatoms. The Morgan fingerprint density at radius 1 is 1.57 bits per heavy atom. The second-order valence-electron chi connectivity index (χ2n) is 3.08. The van der Waals surface area contributed by atoms with Crippen LogP contribution in [0.15, 0.2) is 24.3 Å². The van der Waals surface area contributed by atoms with Gasteiger partial charge in [-0.15, -0.1) is 0 Å². The van der Waals surface area contributed by atoms with Gasteiger partial charge in [0, 0.05) is 0 Å². The molecule has 1 heterocycles. The minimum absolute atomic E-state index is 0.0671. The SMILES string of the molecule is O=C1CNC(c2cccc(F)c2)N1O. The minimum Gasteiger partial charge on any atom is -0.284 e. The van der Waals surface area contributed by atoms with Crippen LogP contribution >= 0.6 is 0 Å². The predicted octanol–water partition coefficient (Wildman–Crippen LogP) is 0.645. The molecule has 0 aromatic heterocycles. The lowest BCUT2D eigenvalue weighted by molar-refractivity contribution is -0.165. The zero-order chi connectivity index (χ0) is 10.1.